The molecule has 1 unspecified atom stereocenters. The van der Waals surface area contributed by atoms with Gasteiger partial charge in [0.2, 0.25) is 0 Å². The zero-order valence-corrected chi connectivity index (χ0v) is 12.7. The van der Waals surface area contributed by atoms with Crippen LogP contribution in [0.3, 0.4) is 0 Å². The highest BCUT2D eigenvalue weighted by atomic mass is 35.5. The Hall–Kier alpha value is -1.02. The van der Waals surface area contributed by atoms with Crippen molar-refractivity contribution < 1.29 is 9.53 Å². The largest absolute Gasteiger partial charge is 0.466 e. The molecule has 0 radical (unpaired) electrons. The molecule has 0 amide bonds. The summed E-state index contributed by atoms with van der Waals surface area (Å²) in [5.41, 5.74) is 0.991. The van der Waals surface area contributed by atoms with E-state index in [0.717, 1.165) is 18.4 Å². The average Bonchev–Trinajstić information content (AvgIpc) is 2.38. The monoisotopic (exact) mass is 282 g/mol. The molecule has 1 rings (SSSR count). The molecule has 0 spiro atoms. The molecule has 0 heterocycles. The summed E-state index contributed by atoms with van der Waals surface area (Å²) in [6.45, 7) is 6.52. The minimum Gasteiger partial charge on any atom is -0.466 e. The van der Waals surface area contributed by atoms with Crippen LogP contribution >= 0.6 is 11.6 Å². The Kier molecular flexibility index (Phi) is 6.36. The van der Waals surface area contributed by atoms with E-state index in [4.69, 9.17) is 16.3 Å². The number of benzene rings is 1. The van der Waals surface area contributed by atoms with Crippen LogP contribution in [-0.4, -0.2) is 12.6 Å². The number of rotatable bonds is 7. The molecule has 0 saturated heterocycles. The zero-order valence-electron chi connectivity index (χ0n) is 12.0. The van der Waals surface area contributed by atoms with Gasteiger partial charge in [-0.25, -0.2) is 0 Å². The third-order valence-electron chi connectivity index (χ3n) is 3.14. The molecule has 2 nitrogen and oxygen atoms in total. The van der Waals surface area contributed by atoms with Crippen molar-refractivity contribution in [3.63, 3.8) is 0 Å². The Balaban J connectivity index is 2.86. The van der Waals surface area contributed by atoms with Crippen molar-refractivity contribution in [2.24, 2.45) is 5.92 Å². The maximum atomic E-state index is 11.8. The summed E-state index contributed by atoms with van der Waals surface area (Å²) >= 11 is 6.74. The highest BCUT2D eigenvalue weighted by Crippen LogP contribution is 2.38. The molecular weight excluding hydrogens is 260 g/mol. The molecule has 1 aromatic carbocycles. The van der Waals surface area contributed by atoms with Crippen molar-refractivity contribution >= 4 is 17.6 Å². The number of hydrogen-bond donors (Lipinski definition) is 0. The molecule has 0 N–H and O–H groups in total. The average molecular weight is 283 g/mol. The lowest BCUT2D eigenvalue weighted by atomic mass is 9.88. The zero-order chi connectivity index (χ0) is 14.3. The summed E-state index contributed by atoms with van der Waals surface area (Å²) in [4.78, 5) is 11.1. The summed E-state index contributed by atoms with van der Waals surface area (Å²) in [5, 5.41) is 0. The van der Waals surface area contributed by atoms with Crippen molar-refractivity contribution in [3.8, 4) is 0 Å². The van der Waals surface area contributed by atoms with Gasteiger partial charge >= 0.3 is 5.97 Å². The summed E-state index contributed by atoms with van der Waals surface area (Å²) in [5.74, 6) is 0.328. The molecule has 0 aliphatic heterocycles. The van der Waals surface area contributed by atoms with Crippen molar-refractivity contribution in [3.05, 3.63) is 35.9 Å². The first kappa shape index (κ1) is 16.0. The molecule has 0 fully saturated rings. The standard InChI is InChI=1S/C16H23ClO2/c1-4-19-15(18)12-16(17,11-10-13(2)3)14-8-6-5-7-9-14/h5-9,13H,4,10-12H2,1-3H3. The highest BCUT2D eigenvalue weighted by Gasteiger charge is 2.32. The molecule has 3 heteroatoms. The number of ether oxygens (including phenoxy) is 1. The summed E-state index contributed by atoms with van der Waals surface area (Å²) in [7, 11) is 0. The van der Waals surface area contributed by atoms with Crippen LogP contribution in [0.1, 0.15) is 45.6 Å². The van der Waals surface area contributed by atoms with E-state index in [2.05, 4.69) is 13.8 Å². The van der Waals surface area contributed by atoms with E-state index in [1.807, 2.05) is 37.3 Å². The van der Waals surface area contributed by atoms with Gasteiger partial charge in [0.15, 0.2) is 0 Å². The second-order valence-electron chi connectivity index (χ2n) is 5.25. The van der Waals surface area contributed by atoms with Gasteiger partial charge in [-0.3, -0.25) is 4.79 Å². The molecule has 0 aliphatic rings. The van der Waals surface area contributed by atoms with Gasteiger partial charge in [-0.1, -0.05) is 44.2 Å². The van der Waals surface area contributed by atoms with Crippen LogP contribution in [0.25, 0.3) is 0 Å². The van der Waals surface area contributed by atoms with E-state index in [0.29, 0.717) is 12.5 Å². The van der Waals surface area contributed by atoms with Gasteiger partial charge < -0.3 is 4.74 Å². The fourth-order valence-corrected chi connectivity index (χ4v) is 2.37. The highest BCUT2D eigenvalue weighted by molar-refractivity contribution is 6.25. The van der Waals surface area contributed by atoms with Crippen LogP contribution in [-0.2, 0) is 14.4 Å². The third-order valence-corrected chi connectivity index (χ3v) is 3.68. The molecule has 19 heavy (non-hydrogen) atoms. The normalized spacial score (nSPS) is 14.2. The fraction of sp³-hybridized carbons (Fsp3) is 0.562. The smallest absolute Gasteiger partial charge is 0.307 e. The number of alkyl halides is 1. The van der Waals surface area contributed by atoms with Crippen molar-refractivity contribution in [1.29, 1.82) is 0 Å². The molecule has 0 saturated carbocycles. The van der Waals surface area contributed by atoms with Crippen LogP contribution in [0.2, 0.25) is 0 Å². The Bertz CT molecular complexity index is 389. The minimum atomic E-state index is -0.655. The van der Waals surface area contributed by atoms with E-state index in [1.165, 1.54) is 0 Å². The van der Waals surface area contributed by atoms with Crippen molar-refractivity contribution in [1.82, 2.24) is 0 Å². The maximum absolute atomic E-state index is 11.8. The van der Waals surface area contributed by atoms with Crippen LogP contribution < -0.4 is 0 Å². The van der Waals surface area contributed by atoms with Crippen LogP contribution in [0.4, 0.5) is 0 Å². The number of carbonyl (C=O) groups is 1. The van der Waals surface area contributed by atoms with Gasteiger partial charge in [0, 0.05) is 0 Å². The lowest BCUT2D eigenvalue weighted by Gasteiger charge is -2.27. The Morgan fingerprint density at radius 1 is 1.32 bits per heavy atom. The Labute approximate surface area is 121 Å². The van der Waals surface area contributed by atoms with E-state index >= 15 is 0 Å². The van der Waals surface area contributed by atoms with Gasteiger partial charge in [0.1, 0.15) is 0 Å². The molecule has 1 atom stereocenters. The molecular formula is C16H23ClO2. The van der Waals surface area contributed by atoms with Gasteiger partial charge in [-0.05, 0) is 31.2 Å². The van der Waals surface area contributed by atoms with E-state index in [9.17, 15) is 4.79 Å². The van der Waals surface area contributed by atoms with E-state index < -0.39 is 4.87 Å². The van der Waals surface area contributed by atoms with Gasteiger partial charge in [0.05, 0.1) is 17.9 Å². The molecule has 0 aliphatic carbocycles. The molecule has 1 aromatic rings. The second-order valence-corrected chi connectivity index (χ2v) is 5.97. The van der Waals surface area contributed by atoms with E-state index in [-0.39, 0.29) is 12.4 Å². The maximum Gasteiger partial charge on any atom is 0.307 e. The lowest BCUT2D eigenvalue weighted by Crippen LogP contribution is -2.25. The Morgan fingerprint density at radius 2 is 1.95 bits per heavy atom. The Morgan fingerprint density at radius 3 is 2.47 bits per heavy atom. The van der Waals surface area contributed by atoms with Gasteiger partial charge in [-0.15, -0.1) is 11.6 Å². The second kappa shape index (κ2) is 7.54. The number of carbonyl (C=O) groups excluding carboxylic acids is 1. The number of halogens is 1. The SMILES string of the molecule is CCOC(=O)CC(Cl)(CCC(C)C)c1ccccc1. The molecule has 0 bridgehead atoms. The van der Waals surface area contributed by atoms with Crippen LogP contribution in [0.5, 0.6) is 0 Å². The summed E-state index contributed by atoms with van der Waals surface area (Å²) in [6.07, 6.45) is 1.98. The van der Waals surface area contributed by atoms with Gasteiger partial charge in [0.25, 0.3) is 0 Å². The minimum absolute atomic E-state index is 0.221. The number of hydrogen-bond acceptors (Lipinski definition) is 2. The predicted octanol–water partition coefficient (Wildman–Crippen LogP) is 4.51. The third kappa shape index (κ3) is 5.23. The summed E-state index contributed by atoms with van der Waals surface area (Å²) in [6, 6.07) is 9.81. The van der Waals surface area contributed by atoms with Crippen LogP contribution in [0, 0.1) is 5.92 Å². The topological polar surface area (TPSA) is 26.3 Å². The fourth-order valence-electron chi connectivity index (χ4n) is 2.03. The molecule has 0 aromatic heterocycles. The first-order valence-corrected chi connectivity index (χ1v) is 7.26. The van der Waals surface area contributed by atoms with Crippen LogP contribution in [0.15, 0.2) is 30.3 Å². The first-order valence-electron chi connectivity index (χ1n) is 6.88. The first-order chi connectivity index (χ1) is 8.98. The van der Waals surface area contributed by atoms with Gasteiger partial charge in [-0.2, -0.15) is 0 Å². The summed E-state index contributed by atoms with van der Waals surface area (Å²) < 4.78 is 5.04. The number of esters is 1. The quantitative estimate of drug-likeness (QED) is 0.543. The van der Waals surface area contributed by atoms with Crippen molar-refractivity contribution in [2.45, 2.75) is 44.9 Å². The van der Waals surface area contributed by atoms with Crippen molar-refractivity contribution in [2.75, 3.05) is 6.61 Å². The lowest BCUT2D eigenvalue weighted by molar-refractivity contribution is -0.144. The van der Waals surface area contributed by atoms with E-state index in [1.54, 1.807) is 0 Å². The predicted molar refractivity (Wildman–Crippen MR) is 79.3 cm³/mol. The molecule has 106 valence electrons.